The summed E-state index contributed by atoms with van der Waals surface area (Å²) in [7, 11) is 1.59. The van der Waals surface area contributed by atoms with Crippen molar-refractivity contribution >= 4 is 28.5 Å². The topological polar surface area (TPSA) is 93.6 Å². The molecule has 0 radical (unpaired) electrons. The van der Waals surface area contributed by atoms with Crippen molar-refractivity contribution in [3.63, 3.8) is 0 Å². The number of ether oxygens (including phenoxy) is 2. The highest BCUT2D eigenvalue weighted by molar-refractivity contribution is 5.95. The summed E-state index contributed by atoms with van der Waals surface area (Å²) in [5, 5.41) is 15.4. The predicted molar refractivity (Wildman–Crippen MR) is 129 cm³/mol. The molecule has 7 heteroatoms. The van der Waals surface area contributed by atoms with E-state index in [-0.39, 0.29) is 5.97 Å². The fourth-order valence-corrected chi connectivity index (χ4v) is 4.41. The van der Waals surface area contributed by atoms with Crippen LogP contribution in [0.2, 0.25) is 0 Å². The average molecular weight is 456 g/mol. The van der Waals surface area contributed by atoms with E-state index in [1.54, 1.807) is 32.4 Å². The third kappa shape index (κ3) is 3.54. The second-order valence-corrected chi connectivity index (χ2v) is 8.99. The molecule has 0 aliphatic carbocycles. The summed E-state index contributed by atoms with van der Waals surface area (Å²) >= 11 is 0. The normalized spacial score (nSPS) is 16.0. The van der Waals surface area contributed by atoms with Crippen LogP contribution >= 0.6 is 0 Å². The lowest BCUT2D eigenvalue weighted by Crippen LogP contribution is -2.23. The van der Waals surface area contributed by atoms with Gasteiger partial charge >= 0.3 is 5.97 Å². The van der Waals surface area contributed by atoms with Gasteiger partial charge in [0.15, 0.2) is 0 Å². The number of aliphatic hydroxyl groups is 1. The van der Waals surface area contributed by atoms with Gasteiger partial charge in [-0.05, 0) is 56.7 Å². The lowest BCUT2D eigenvalue weighted by atomic mass is 9.87. The summed E-state index contributed by atoms with van der Waals surface area (Å²) in [5.74, 6) is 0.645. The van der Waals surface area contributed by atoms with Crippen LogP contribution in [0, 0.1) is 0 Å². The largest absolute Gasteiger partial charge is 0.496 e. The van der Waals surface area contributed by atoms with Gasteiger partial charge in [-0.2, -0.15) is 0 Å². The third-order valence-electron chi connectivity index (χ3n) is 6.28. The standard InChI is InChI=1S/C27H25N3O4/c1-26(2)21-14-17(10-11-18(21)24(31)34-26)29-25-28-15-19-22(33-4)13-12-20(23(19)30-25)27(3,32)16-8-6-5-7-9-16/h5-15,32H,1-4H3,(H,28,29,30). The molecule has 0 spiro atoms. The molecule has 0 saturated carbocycles. The van der Waals surface area contributed by atoms with E-state index in [1.165, 1.54) is 0 Å². The van der Waals surface area contributed by atoms with Crippen molar-refractivity contribution in [3.8, 4) is 5.75 Å². The van der Waals surface area contributed by atoms with Gasteiger partial charge in [0.05, 0.1) is 23.6 Å². The number of hydrogen-bond acceptors (Lipinski definition) is 7. The maximum absolute atomic E-state index is 12.1. The first kappa shape index (κ1) is 21.9. The number of nitrogens with one attached hydrogen (secondary N) is 1. The number of aromatic nitrogens is 2. The second-order valence-electron chi connectivity index (χ2n) is 8.99. The molecule has 2 heterocycles. The maximum atomic E-state index is 12.1. The van der Waals surface area contributed by atoms with Crippen molar-refractivity contribution in [1.82, 2.24) is 9.97 Å². The highest BCUT2D eigenvalue weighted by atomic mass is 16.6. The highest BCUT2D eigenvalue weighted by Gasteiger charge is 2.37. The van der Waals surface area contributed by atoms with Crippen LogP contribution in [0.5, 0.6) is 5.75 Å². The van der Waals surface area contributed by atoms with E-state index < -0.39 is 11.2 Å². The molecule has 1 aromatic heterocycles. The Kier molecular flexibility index (Phi) is 5.02. The molecular weight excluding hydrogens is 430 g/mol. The van der Waals surface area contributed by atoms with Gasteiger partial charge in [-0.1, -0.05) is 30.3 Å². The number of rotatable bonds is 5. The van der Waals surface area contributed by atoms with Crippen molar-refractivity contribution < 1.29 is 19.4 Å². The molecule has 5 rings (SSSR count). The fraction of sp³-hybridized carbons (Fsp3) is 0.222. The van der Waals surface area contributed by atoms with Gasteiger partial charge in [-0.25, -0.2) is 14.8 Å². The monoisotopic (exact) mass is 455 g/mol. The Morgan fingerprint density at radius 1 is 1.09 bits per heavy atom. The zero-order valence-corrected chi connectivity index (χ0v) is 19.4. The fourth-order valence-electron chi connectivity index (χ4n) is 4.41. The molecule has 3 aromatic carbocycles. The molecule has 2 N–H and O–H groups in total. The zero-order chi connectivity index (χ0) is 24.1. The predicted octanol–water partition coefficient (Wildman–Crippen LogP) is 5.04. The van der Waals surface area contributed by atoms with Gasteiger partial charge < -0.3 is 19.9 Å². The summed E-state index contributed by atoms with van der Waals surface area (Å²) in [6, 6.07) is 18.5. The van der Waals surface area contributed by atoms with Crippen molar-refractivity contribution in [1.29, 1.82) is 0 Å². The van der Waals surface area contributed by atoms with E-state index in [0.717, 1.165) is 16.8 Å². The molecule has 0 bridgehead atoms. The average Bonchev–Trinajstić information content (AvgIpc) is 3.06. The quantitative estimate of drug-likeness (QED) is 0.407. The van der Waals surface area contributed by atoms with Gasteiger partial charge in [-0.3, -0.25) is 0 Å². The van der Waals surface area contributed by atoms with Crippen LogP contribution in [0.1, 0.15) is 47.8 Å². The Morgan fingerprint density at radius 3 is 2.59 bits per heavy atom. The number of methoxy groups -OCH3 is 1. The minimum Gasteiger partial charge on any atom is -0.496 e. The van der Waals surface area contributed by atoms with Crippen molar-refractivity contribution in [2.75, 3.05) is 12.4 Å². The van der Waals surface area contributed by atoms with E-state index in [9.17, 15) is 9.90 Å². The molecule has 34 heavy (non-hydrogen) atoms. The van der Waals surface area contributed by atoms with Crippen molar-refractivity contribution in [2.45, 2.75) is 32.0 Å². The Hall–Kier alpha value is -3.97. The Balaban J connectivity index is 1.60. The number of nitrogens with zero attached hydrogens (tertiary/aromatic N) is 2. The molecule has 1 aliphatic rings. The summed E-state index contributed by atoms with van der Waals surface area (Å²) in [5.41, 5.74) is 2.05. The number of esters is 1. The first-order chi connectivity index (χ1) is 16.2. The molecule has 0 fully saturated rings. The Morgan fingerprint density at radius 2 is 1.85 bits per heavy atom. The molecule has 0 amide bonds. The van der Waals surface area contributed by atoms with Gasteiger partial charge in [0, 0.05) is 23.0 Å². The first-order valence-corrected chi connectivity index (χ1v) is 11.0. The molecule has 7 nitrogen and oxygen atoms in total. The van der Waals surface area contributed by atoms with E-state index in [1.807, 2.05) is 62.4 Å². The van der Waals surface area contributed by atoms with Gasteiger partial charge in [-0.15, -0.1) is 0 Å². The highest BCUT2D eigenvalue weighted by Crippen LogP contribution is 2.39. The van der Waals surface area contributed by atoms with Gasteiger partial charge in [0.2, 0.25) is 5.95 Å². The minimum absolute atomic E-state index is 0.326. The summed E-state index contributed by atoms with van der Waals surface area (Å²) in [6.07, 6.45) is 1.68. The number of carbonyl (C=O) groups is 1. The van der Waals surface area contributed by atoms with Crippen LogP contribution < -0.4 is 10.1 Å². The van der Waals surface area contributed by atoms with Crippen LogP contribution in [0.15, 0.2) is 66.9 Å². The number of hydrogen-bond donors (Lipinski definition) is 2. The molecule has 0 saturated heterocycles. The number of cyclic esters (lactones) is 1. The second kappa shape index (κ2) is 7.81. The molecule has 1 aliphatic heterocycles. The zero-order valence-electron chi connectivity index (χ0n) is 19.4. The van der Waals surface area contributed by atoms with Crippen LogP contribution in [0.4, 0.5) is 11.6 Å². The van der Waals surface area contributed by atoms with E-state index in [2.05, 4.69) is 10.3 Å². The summed E-state index contributed by atoms with van der Waals surface area (Å²) in [6.45, 7) is 5.47. The number of benzene rings is 3. The van der Waals surface area contributed by atoms with Crippen molar-refractivity contribution in [3.05, 3.63) is 89.1 Å². The smallest absolute Gasteiger partial charge is 0.339 e. The lowest BCUT2D eigenvalue weighted by Gasteiger charge is -2.26. The molecule has 172 valence electrons. The van der Waals surface area contributed by atoms with Crippen molar-refractivity contribution in [2.24, 2.45) is 0 Å². The lowest BCUT2D eigenvalue weighted by molar-refractivity contribution is 0.00954. The summed E-state index contributed by atoms with van der Waals surface area (Å²) in [4.78, 5) is 21.3. The molecule has 4 aromatic rings. The van der Waals surface area contributed by atoms with E-state index in [0.29, 0.717) is 33.7 Å². The number of fused-ring (bicyclic) bond motifs is 2. The van der Waals surface area contributed by atoms with E-state index >= 15 is 0 Å². The Labute approximate surface area is 197 Å². The number of anilines is 2. The van der Waals surface area contributed by atoms with Gasteiger partial charge in [0.25, 0.3) is 0 Å². The van der Waals surface area contributed by atoms with Gasteiger partial charge in [0.1, 0.15) is 17.0 Å². The van der Waals surface area contributed by atoms with Crippen LogP contribution in [-0.4, -0.2) is 28.2 Å². The molecule has 1 unspecified atom stereocenters. The van der Waals surface area contributed by atoms with Crippen LogP contribution in [0.3, 0.4) is 0 Å². The van der Waals surface area contributed by atoms with E-state index in [4.69, 9.17) is 14.5 Å². The Bertz CT molecular complexity index is 1410. The SMILES string of the molecule is COc1ccc(C(C)(O)c2ccccc2)c2nc(Nc3ccc4c(c3)C(C)(C)OC4=O)ncc12. The molecular formula is C27H25N3O4. The summed E-state index contributed by atoms with van der Waals surface area (Å²) < 4.78 is 11.0. The number of carbonyl (C=O) groups excluding carboxylic acids is 1. The van der Waals surface area contributed by atoms with Crippen LogP contribution in [-0.2, 0) is 15.9 Å². The maximum Gasteiger partial charge on any atom is 0.339 e. The minimum atomic E-state index is -1.29. The first-order valence-electron chi connectivity index (χ1n) is 11.0. The van der Waals surface area contributed by atoms with Crippen LogP contribution in [0.25, 0.3) is 10.9 Å². The third-order valence-corrected chi connectivity index (χ3v) is 6.28. The molecule has 1 atom stereocenters.